The number of hydrogen-bond acceptors (Lipinski definition) is 4. The predicted molar refractivity (Wildman–Crippen MR) is 103 cm³/mol. The Kier molecular flexibility index (Phi) is 6.32. The fourth-order valence-electron chi connectivity index (χ4n) is 2.89. The molecular formula is C20H21ClN2O4. The summed E-state index contributed by atoms with van der Waals surface area (Å²) in [6.07, 6.45) is 0.551. The van der Waals surface area contributed by atoms with E-state index in [0.29, 0.717) is 42.5 Å². The first-order valence-electron chi connectivity index (χ1n) is 8.66. The van der Waals surface area contributed by atoms with Crippen LogP contribution in [0.4, 0.5) is 5.69 Å². The predicted octanol–water partition coefficient (Wildman–Crippen LogP) is 2.91. The Morgan fingerprint density at radius 1 is 1.26 bits per heavy atom. The Bertz CT molecular complexity index is 840. The highest BCUT2D eigenvalue weighted by molar-refractivity contribution is 6.31. The molecule has 0 saturated heterocycles. The van der Waals surface area contributed by atoms with Gasteiger partial charge >= 0.3 is 0 Å². The van der Waals surface area contributed by atoms with Gasteiger partial charge in [-0.25, -0.2) is 0 Å². The van der Waals surface area contributed by atoms with Gasteiger partial charge in [-0.1, -0.05) is 17.7 Å². The van der Waals surface area contributed by atoms with Crippen molar-refractivity contribution < 1.29 is 19.1 Å². The van der Waals surface area contributed by atoms with Crippen molar-refractivity contribution in [1.82, 2.24) is 5.32 Å². The lowest BCUT2D eigenvalue weighted by atomic mass is 9.95. The van der Waals surface area contributed by atoms with Crippen LogP contribution in [0, 0.1) is 5.92 Å². The third-order valence-electron chi connectivity index (χ3n) is 4.29. The second-order valence-electron chi connectivity index (χ2n) is 6.28. The fourth-order valence-corrected chi connectivity index (χ4v) is 3.08. The summed E-state index contributed by atoms with van der Waals surface area (Å²) in [6.45, 7) is 1.27. The number of hydrogen-bond donors (Lipinski definition) is 2. The number of benzene rings is 2. The second-order valence-corrected chi connectivity index (χ2v) is 6.72. The zero-order chi connectivity index (χ0) is 19.2. The molecule has 3 rings (SSSR count). The highest BCUT2D eigenvalue weighted by Crippen LogP contribution is 2.30. The van der Waals surface area contributed by atoms with E-state index in [9.17, 15) is 9.59 Å². The molecule has 1 aliphatic heterocycles. The molecule has 1 aliphatic rings. The molecule has 2 aromatic rings. The molecule has 0 bridgehead atoms. The van der Waals surface area contributed by atoms with Gasteiger partial charge in [-0.15, -0.1) is 0 Å². The number of halogens is 1. The molecule has 0 aliphatic carbocycles. The van der Waals surface area contributed by atoms with Crippen molar-refractivity contribution in [2.45, 2.75) is 6.42 Å². The molecule has 0 unspecified atom stereocenters. The first-order chi connectivity index (χ1) is 13.1. The van der Waals surface area contributed by atoms with Crippen molar-refractivity contribution in [3.63, 3.8) is 0 Å². The summed E-state index contributed by atoms with van der Waals surface area (Å²) in [4.78, 5) is 24.6. The Balaban J connectivity index is 1.66. The molecule has 0 aromatic heterocycles. The van der Waals surface area contributed by atoms with Crippen LogP contribution in [0.25, 0.3) is 0 Å². The maximum absolute atomic E-state index is 12.4. The van der Waals surface area contributed by atoms with Gasteiger partial charge in [0.25, 0.3) is 5.91 Å². The van der Waals surface area contributed by atoms with Crippen LogP contribution in [0.3, 0.4) is 0 Å². The van der Waals surface area contributed by atoms with Crippen LogP contribution in [0.1, 0.15) is 15.9 Å². The Hall–Kier alpha value is -2.57. The summed E-state index contributed by atoms with van der Waals surface area (Å²) in [6, 6.07) is 12.2. The average Bonchev–Trinajstić information content (AvgIpc) is 2.67. The zero-order valence-corrected chi connectivity index (χ0v) is 15.7. The van der Waals surface area contributed by atoms with Crippen molar-refractivity contribution in [2.24, 2.45) is 5.92 Å². The van der Waals surface area contributed by atoms with Crippen LogP contribution in [0.15, 0.2) is 42.5 Å². The van der Waals surface area contributed by atoms with Gasteiger partial charge < -0.3 is 20.1 Å². The highest BCUT2D eigenvalue weighted by Gasteiger charge is 2.26. The molecule has 0 saturated carbocycles. The minimum Gasteiger partial charge on any atom is -0.492 e. The lowest BCUT2D eigenvalue weighted by molar-refractivity contribution is -0.126. The molecule has 7 heteroatoms. The van der Waals surface area contributed by atoms with Gasteiger partial charge in [0.2, 0.25) is 5.91 Å². The molecule has 0 fully saturated rings. The molecule has 0 spiro atoms. The quantitative estimate of drug-likeness (QED) is 0.746. The van der Waals surface area contributed by atoms with Gasteiger partial charge in [-0.3, -0.25) is 9.59 Å². The van der Waals surface area contributed by atoms with Crippen LogP contribution in [0.5, 0.6) is 5.75 Å². The van der Waals surface area contributed by atoms with Gasteiger partial charge in [-0.05, 0) is 48.4 Å². The summed E-state index contributed by atoms with van der Waals surface area (Å²) in [5.74, 6) is 0.152. The first kappa shape index (κ1) is 19.2. The Morgan fingerprint density at radius 3 is 2.89 bits per heavy atom. The minimum absolute atomic E-state index is 0.0638. The van der Waals surface area contributed by atoms with Crippen molar-refractivity contribution in [1.29, 1.82) is 0 Å². The van der Waals surface area contributed by atoms with E-state index >= 15 is 0 Å². The Labute approximate surface area is 162 Å². The largest absolute Gasteiger partial charge is 0.492 e. The molecule has 2 aromatic carbocycles. The number of carbonyl (C=O) groups is 2. The molecule has 2 amide bonds. The minimum atomic E-state index is -0.270. The summed E-state index contributed by atoms with van der Waals surface area (Å²) in [5, 5.41) is 6.19. The molecule has 1 heterocycles. The summed E-state index contributed by atoms with van der Waals surface area (Å²) in [5.41, 5.74) is 2.01. The standard InChI is InChI=1S/C20H21ClN2O4/c1-26-8-7-22-19(24)15-9-14-11-17(5-6-18(14)27-12-15)23-20(25)13-3-2-4-16(21)10-13/h2-6,10-11,15H,7-9,12H2,1H3,(H,22,24)(H,23,25)/t15-/m0/s1. The van der Waals surface area contributed by atoms with Crippen LogP contribution in [-0.4, -0.2) is 38.7 Å². The summed E-state index contributed by atoms with van der Waals surface area (Å²) in [7, 11) is 1.59. The summed E-state index contributed by atoms with van der Waals surface area (Å²) < 4.78 is 10.6. The van der Waals surface area contributed by atoms with Crippen molar-refractivity contribution in [2.75, 3.05) is 32.2 Å². The van der Waals surface area contributed by atoms with Crippen molar-refractivity contribution in [3.05, 3.63) is 58.6 Å². The molecule has 27 heavy (non-hydrogen) atoms. The molecular weight excluding hydrogens is 368 g/mol. The zero-order valence-electron chi connectivity index (χ0n) is 15.0. The van der Waals surface area contributed by atoms with Gasteiger partial charge in [0, 0.05) is 29.9 Å². The topological polar surface area (TPSA) is 76.7 Å². The molecule has 0 radical (unpaired) electrons. The third kappa shape index (κ3) is 4.99. The fraction of sp³-hybridized carbons (Fsp3) is 0.300. The van der Waals surface area contributed by atoms with Crippen molar-refractivity contribution in [3.8, 4) is 5.75 Å². The van der Waals surface area contributed by atoms with E-state index in [0.717, 1.165) is 11.3 Å². The number of nitrogens with one attached hydrogen (secondary N) is 2. The lowest BCUT2D eigenvalue weighted by Gasteiger charge is -2.25. The number of carbonyl (C=O) groups excluding carboxylic acids is 2. The molecule has 2 N–H and O–H groups in total. The first-order valence-corrected chi connectivity index (χ1v) is 9.04. The molecule has 1 atom stereocenters. The van der Waals surface area contributed by atoms with E-state index in [1.165, 1.54) is 0 Å². The van der Waals surface area contributed by atoms with E-state index in [1.807, 2.05) is 12.1 Å². The molecule has 6 nitrogen and oxygen atoms in total. The van der Waals surface area contributed by atoms with E-state index in [4.69, 9.17) is 21.1 Å². The van der Waals surface area contributed by atoms with Gasteiger partial charge in [0.15, 0.2) is 0 Å². The van der Waals surface area contributed by atoms with E-state index in [-0.39, 0.29) is 17.7 Å². The number of amides is 2. The van der Waals surface area contributed by atoms with E-state index in [1.54, 1.807) is 37.4 Å². The van der Waals surface area contributed by atoms with Crippen molar-refractivity contribution >= 4 is 29.1 Å². The number of fused-ring (bicyclic) bond motifs is 1. The van der Waals surface area contributed by atoms with Gasteiger partial charge in [0.1, 0.15) is 12.4 Å². The van der Waals surface area contributed by atoms with E-state index < -0.39 is 0 Å². The van der Waals surface area contributed by atoms with Crippen LogP contribution in [0.2, 0.25) is 5.02 Å². The second kappa shape index (κ2) is 8.88. The van der Waals surface area contributed by atoms with Crippen LogP contribution < -0.4 is 15.4 Å². The van der Waals surface area contributed by atoms with E-state index in [2.05, 4.69) is 10.6 Å². The number of ether oxygens (including phenoxy) is 2. The number of rotatable bonds is 6. The maximum atomic E-state index is 12.4. The van der Waals surface area contributed by atoms with Gasteiger partial charge in [-0.2, -0.15) is 0 Å². The van der Waals surface area contributed by atoms with Crippen LogP contribution >= 0.6 is 11.6 Å². The van der Waals surface area contributed by atoms with Gasteiger partial charge in [0.05, 0.1) is 12.5 Å². The number of anilines is 1. The maximum Gasteiger partial charge on any atom is 0.255 e. The third-order valence-corrected chi connectivity index (χ3v) is 4.52. The average molecular weight is 389 g/mol. The Morgan fingerprint density at radius 2 is 2.11 bits per heavy atom. The van der Waals surface area contributed by atoms with Crippen LogP contribution in [-0.2, 0) is 16.0 Å². The molecule has 142 valence electrons. The summed E-state index contributed by atoms with van der Waals surface area (Å²) >= 11 is 5.94. The highest BCUT2D eigenvalue weighted by atomic mass is 35.5. The SMILES string of the molecule is COCCNC(=O)[C@@H]1COc2ccc(NC(=O)c3cccc(Cl)c3)cc2C1. The monoisotopic (exact) mass is 388 g/mol. The smallest absolute Gasteiger partial charge is 0.255 e. The lowest BCUT2D eigenvalue weighted by Crippen LogP contribution is -2.38. The number of methoxy groups -OCH3 is 1. The normalized spacial score (nSPS) is 15.4.